The molecule has 0 bridgehead atoms. The lowest BCUT2D eigenvalue weighted by Gasteiger charge is -2.28. The van der Waals surface area contributed by atoms with E-state index in [1.54, 1.807) is 6.07 Å². The Bertz CT molecular complexity index is 1110. The van der Waals surface area contributed by atoms with Crippen LogP contribution in [0, 0.1) is 5.82 Å². The molecule has 0 atom stereocenters. The van der Waals surface area contributed by atoms with Crippen molar-refractivity contribution in [2.45, 2.75) is 6.54 Å². The summed E-state index contributed by atoms with van der Waals surface area (Å²) in [6, 6.07) is 14.6. The molecule has 32 heavy (non-hydrogen) atoms. The molecule has 3 heterocycles. The summed E-state index contributed by atoms with van der Waals surface area (Å²) < 4.78 is 19.4. The van der Waals surface area contributed by atoms with Crippen molar-refractivity contribution < 1.29 is 13.9 Å². The monoisotopic (exact) mass is 434 g/mol. The summed E-state index contributed by atoms with van der Waals surface area (Å²) in [6.07, 6.45) is 0. The molecule has 1 N–H and O–H groups in total. The van der Waals surface area contributed by atoms with Gasteiger partial charge in [0.15, 0.2) is 0 Å². The standard InChI is InChI=1S/C25H27FN4O2/c26-20-5-6-23-21(15-20)22(25(31)30-9-7-27-8-10-30)16-24(28-23)19-3-1-18(2-4-19)17-29-11-13-32-14-12-29/h1-6,15-16,27H,7-14,17H2. The van der Waals surface area contributed by atoms with E-state index in [1.165, 1.54) is 17.7 Å². The maximum Gasteiger partial charge on any atom is 0.254 e. The van der Waals surface area contributed by atoms with Gasteiger partial charge in [0.25, 0.3) is 5.91 Å². The Labute approximate surface area is 187 Å². The number of pyridine rings is 1. The van der Waals surface area contributed by atoms with Gasteiger partial charge in [0.05, 0.1) is 30.0 Å². The molecule has 1 aromatic heterocycles. The van der Waals surface area contributed by atoms with Gasteiger partial charge in [0.1, 0.15) is 5.82 Å². The summed E-state index contributed by atoms with van der Waals surface area (Å²) in [7, 11) is 0. The second kappa shape index (κ2) is 9.32. The second-order valence-electron chi connectivity index (χ2n) is 8.34. The number of aromatic nitrogens is 1. The van der Waals surface area contributed by atoms with E-state index in [-0.39, 0.29) is 11.7 Å². The Morgan fingerprint density at radius 2 is 1.75 bits per heavy atom. The van der Waals surface area contributed by atoms with Crippen LogP contribution in [0.1, 0.15) is 15.9 Å². The molecule has 2 aliphatic heterocycles. The van der Waals surface area contributed by atoms with Crippen molar-refractivity contribution >= 4 is 16.8 Å². The lowest BCUT2D eigenvalue weighted by molar-refractivity contribution is 0.0342. The van der Waals surface area contributed by atoms with Gasteiger partial charge in [-0.2, -0.15) is 0 Å². The van der Waals surface area contributed by atoms with Crippen LogP contribution < -0.4 is 5.32 Å². The molecule has 2 aliphatic rings. The number of halogens is 1. The number of hydrogen-bond donors (Lipinski definition) is 1. The number of benzene rings is 2. The SMILES string of the molecule is O=C(c1cc(-c2ccc(CN3CCOCC3)cc2)nc2ccc(F)cc12)N1CCNCC1. The van der Waals surface area contributed by atoms with E-state index in [2.05, 4.69) is 22.3 Å². The molecule has 7 heteroatoms. The Kier molecular flexibility index (Phi) is 6.12. The van der Waals surface area contributed by atoms with Gasteiger partial charge < -0.3 is 15.0 Å². The molecule has 1 amide bonds. The first-order valence-corrected chi connectivity index (χ1v) is 11.2. The summed E-state index contributed by atoms with van der Waals surface area (Å²) in [5.74, 6) is -0.441. The third-order valence-corrected chi connectivity index (χ3v) is 6.16. The number of nitrogens with one attached hydrogen (secondary N) is 1. The number of morpholine rings is 1. The first kappa shape index (κ1) is 21.0. The van der Waals surface area contributed by atoms with Gasteiger partial charge in [-0.3, -0.25) is 9.69 Å². The van der Waals surface area contributed by atoms with Crippen LogP contribution in [0.15, 0.2) is 48.5 Å². The number of rotatable bonds is 4. The Hall–Kier alpha value is -2.87. The van der Waals surface area contributed by atoms with Crippen molar-refractivity contribution in [3.05, 3.63) is 65.5 Å². The van der Waals surface area contributed by atoms with Crippen molar-refractivity contribution in [1.29, 1.82) is 0 Å². The molecule has 0 radical (unpaired) electrons. The first-order valence-electron chi connectivity index (χ1n) is 11.2. The minimum atomic E-state index is -0.367. The molecule has 0 aliphatic carbocycles. The summed E-state index contributed by atoms with van der Waals surface area (Å²) in [5.41, 5.74) is 4.02. The van der Waals surface area contributed by atoms with E-state index in [1.807, 2.05) is 23.1 Å². The van der Waals surface area contributed by atoms with Gasteiger partial charge in [-0.05, 0) is 29.8 Å². The third kappa shape index (κ3) is 4.50. The van der Waals surface area contributed by atoms with Gasteiger partial charge in [-0.15, -0.1) is 0 Å². The van der Waals surface area contributed by atoms with Gasteiger partial charge in [-0.25, -0.2) is 9.37 Å². The van der Waals surface area contributed by atoms with Crippen LogP contribution in [0.2, 0.25) is 0 Å². The number of fused-ring (bicyclic) bond motifs is 1. The zero-order valence-electron chi connectivity index (χ0n) is 18.0. The Morgan fingerprint density at radius 1 is 1.00 bits per heavy atom. The average molecular weight is 435 g/mol. The topological polar surface area (TPSA) is 57.7 Å². The molecule has 2 saturated heterocycles. The molecule has 6 nitrogen and oxygen atoms in total. The summed E-state index contributed by atoms with van der Waals surface area (Å²) >= 11 is 0. The van der Waals surface area contributed by atoms with E-state index < -0.39 is 0 Å². The van der Waals surface area contributed by atoms with E-state index in [0.717, 1.165) is 57.2 Å². The zero-order chi connectivity index (χ0) is 21.9. The highest BCUT2D eigenvalue weighted by atomic mass is 19.1. The molecular weight excluding hydrogens is 407 g/mol. The predicted molar refractivity (Wildman–Crippen MR) is 122 cm³/mol. The molecule has 166 valence electrons. The largest absolute Gasteiger partial charge is 0.379 e. The smallest absolute Gasteiger partial charge is 0.254 e. The lowest BCUT2D eigenvalue weighted by Crippen LogP contribution is -2.46. The third-order valence-electron chi connectivity index (χ3n) is 6.16. The number of ether oxygens (including phenoxy) is 1. The van der Waals surface area contributed by atoms with Crippen molar-refractivity contribution in [2.75, 3.05) is 52.5 Å². The fourth-order valence-electron chi connectivity index (χ4n) is 4.36. The van der Waals surface area contributed by atoms with Crippen molar-refractivity contribution in [1.82, 2.24) is 20.1 Å². The molecular formula is C25H27FN4O2. The molecule has 2 aromatic carbocycles. The van der Waals surface area contributed by atoms with Crippen LogP contribution in [-0.4, -0.2) is 73.2 Å². The van der Waals surface area contributed by atoms with Crippen LogP contribution in [0.5, 0.6) is 0 Å². The minimum absolute atomic E-state index is 0.0744. The van der Waals surface area contributed by atoms with Gasteiger partial charge in [0, 0.05) is 56.8 Å². The van der Waals surface area contributed by atoms with Crippen LogP contribution in [0.3, 0.4) is 0 Å². The van der Waals surface area contributed by atoms with E-state index >= 15 is 0 Å². The predicted octanol–water partition coefficient (Wildman–Crippen LogP) is 2.92. The Morgan fingerprint density at radius 3 is 2.50 bits per heavy atom. The highest BCUT2D eigenvalue weighted by molar-refractivity contribution is 6.07. The lowest BCUT2D eigenvalue weighted by atomic mass is 10.0. The molecule has 3 aromatic rings. The van der Waals surface area contributed by atoms with Crippen LogP contribution in [0.25, 0.3) is 22.2 Å². The maximum absolute atomic E-state index is 14.0. The number of amides is 1. The fraction of sp³-hybridized carbons (Fsp3) is 0.360. The van der Waals surface area contributed by atoms with Crippen LogP contribution in [-0.2, 0) is 11.3 Å². The molecule has 0 saturated carbocycles. The van der Waals surface area contributed by atoms with Gasteiger partial charge >= 0.3 is 0 Å². The van der Waals surface area contributed by atoms with Crippen molar-refractivity contribution in [3.8, 4) is 11.3 Å². The molecule has 5 rings (SSSR count). The van der Waals surface area contributed by atoms with Gasteiger partial charge in [0.2, 0.25) is 0 Å². The van der Waals surface area contributed by atoms with Gasteiger partial charge in [-0.1, -0.05) is 24.3 Å². The van der Waals surface area contributed by atoms with E-state index in [4.69, 9.17) is 9.72 Å². The molecule has 0 unspecified atom stereocenters. The maximum atomic E-state index is 14.0. The molecule has 2 fully saturated rings. The first-order chi connectivity index (χ1) is 15.7. The molecule has 0 spiro atoms. The second-order valence-corrected chi connectivity index (χ2v) is 8.34. The summed E-state index contributed by atoms with van der Waals surface area (Å²) in [6.45, 7) is 7.16. The number of carbonyl (C=O) groups excluding carboxylic acids is 1. The van der Waals surface area contributed by atoms with E-state index in [0.29, 0.717) is 29.6 Å². The summed E-state index contributed by atoms with van der Waals surface area (Å²) in [5, 5.41) is 3.82. The Balaban J connectivity index is 1.47. The van der Waals surface area contributed by atoms with E-state index in [9.17, 15) is 9.18 Å². The van der Waals surface area contributed by atoms with Crippen LogP contribution >= 0.6 is 0 Å². The fourth-order valence-corrected chi connectivity index (χ4v) is 4.36. The van der Waals surface area contributed by atoms with Crippen molar-refractivity contribution in [2.24, 2.45) is 0 Å². The highest BCUT2D eigenvalue weighted by Gasteiger charge is 2.22. The number of nitrogens with zero attached hydrogens (tertiary/aromatic N) is 3. The minimum Gasteiger partial charge on any atom is -0.379 e. The summed E-state index contributed by atoms with van der Waals surface area (Å²) in [4.78, 5) is 22.3. The average Bonchev–Trinajstić information content (AvgIpc) is 2.85. The number of piperazine rings is 1. The zero-order valence-corrected chi connectivity index (χ0v) is 18.0. The highest BCUT2D eigenvalue weighted by Crippen LogP contribution is 2.27. The number of carbonyl (C=O) groups is 1. The quantitative estimate of drug-likeness (QED) is 0.684. The number of hydrogen-bond acceptors (Lipinski definition) is 5. The normalized spacial score (nSPS) is 17.6. The van der Waals surface area contributed by atoms with Crippen LogP contribution in [0.4, 0.5) is 4.39 Å². The van der Waals surface area contributed by atoms with Crippen molar-refractivity contribution in [3.63, 3.8) is 0 Å².